The van der Waals surface area contributed by atoms with Gasteiger partial charge in [0.1, 0.15) is 6.10 Å². The molecule has 0 fully saturated rings. The highest BCUT2D eigenvalue weighted by Gasteiger charge is 2.24. The van der Waals surface area contributed by atoms with Gasteiger partial charge in [0.05, 0.1) is 0 Å². The normalized spacial score (nSPS) is 13.6. The van der Waals surface area contributed by atoms with Crippen LogP contribution in [0, 0.1) is 0 Å². The number of rotatable bonds is 4. The summed E-state index contributed by atoms with van der Waals surface area (Å²) in [4.78, 5) is 1.26. The molecule has 1 aromatic heterocycles. The fraction of sp³-hybridized carbons (Fsp3) is 0.286. The Morgan fingerprint density at radius 3 is 2.33 bits per heavy atom. The van der Waals surface area contributed by atoms with Crippen LogP contribution in [-0.4, -0.2) is 8.32 Å². The minimum atomic E-state index is -1.59. The van der Waals surface area contributed by atoms with Crippen LogP contribution in [0.4, 0.5) is 0 Å². The molecular weight excluding hydrogens is 324 g/mol. The SMILES string of the molecule is C[Si](C)(C)OC(c1ccccc1)c1cc(Br)cs1. The number of benzene rings is 1. The van der Waals surface area contributed by atoms with E-state index in [1.165, 1.54) is 10.4 Å². The van der Waals surface area contributed by atoms with Gasteiger partial charge in [-0.3, -0.25) is 0 Å². The van der Waals surface area contributed by atoms with Gasteiger partial charge in [-0.15, -0.1) is 11.3 Å². The molecule has 1 aromatic carbocycles. The van der Waals surface area contributed by atoms with Crippen LogP contribution in [-0.2, 0) is 4.43 Å². The molecule has 0 N–H and O–H groups in total. The fourth-order valence-electron chi connectivity index (χ4n) is 1.74. The molecule has 0 radical (unpaired) electrons. The van der Waals surface area contributed by atoms with Crippen molar-refractivity contribution in [3.8, 4) is 0 Å². The summed E-state index contributed by atoms with van der Waals surface area (Å²) >= 11 is 5.26. The van der Waals surface area contributed by atoms with Gasteiger partial charge in [0.2, 0.25) is 0 Å². The first-order valence-corrected chi connectivity index (χ1v) is 11.0. The van der Waals surface area contributed by atoms with Gasteiger partial charge >= 0.3 is 0 Å². The molecule has 1 atom stereocenters. The van der Waals surface area contributed by atoms with E-state index in [1.807, 2.05) is 6.07 Å². The highest BCUT2D eigenvalue weighted by Crippen LogP contribution is 2.34. The van der Waals surface area contributed by atoms with Crippen LogP contribution < -0.4 is 0 Å². The quantitative estimate of drug-likeness (QED) is 0.672. The molecule has 0 amide bonds. The number of thiophene rings is 1. The summed E-state index contributed by atoms with van der Waals surface area (Å²) in [5, 5.41) is 2.11. The Balaban J connectivity index is 2.35. The summed E-state index contributed by atoms with van der Waals surface area (Å²) in [5.41, 5.74) is 1.23. The Morgan fingerprint density at radius 2 is 1.83 bits per heavy atom. The smallest absolute Gasteiger partial charge is 0.185 e. The van der Waals surface area contributed by atoms with E-state index in [9.17, 15) is 0 Å². The van der Waals surface area contributed by atoms with Crippen molar-refractivity contribution >= 4 is 35.6 Å². The molecule has 0 saturated carbocycles. The van der Waals surface area contributed by atoms with E-state index in [0.717, 1.165) is 4.47 Å². The molecule has 0 spiro atoms. The van der Waals surface area contributed by atoms with E-state index >= 15 is 0 Å². The Bertz CT molecular complexity index is 504. The average Bonchev–Trinajstić information content (AvgIpc) is 2.73. The Hall–Kier alpha value is -0.423. The number of halogens is 1. The minimum Gasteiger partial charge on any atom is -0.406 e. The average molecular weight is 341 g/mol. The van der Waals surface area contributed by atoms with Crippen LogP contribution in [0.15, 0.2) is 46.3 Å². The van der Waals surface area contributed by atoms with Crippen molar-refractivity contribution in [2.45, 2.75) is 25.7 Å². The lowest BCUT2D eigenvalue weighted by Crippen LogP contribution is -2.28. The second-order valence-electron chi connectivity index (χ2n) is 5.19. The summed E-state index contributed by atoms with van der Waals surface area (Å²) < 4.78 is 7.48. The summed E-state index contributed by atoms with van der Waals surface area (Å²) in [5.74, 6) is 0. The molecule has 18 heavy (non-hydrogen) atoms. The van der Waals surface area contributed by atoms with E-state index in [-0.39, 0.29) is 6.10 Å². The number of hydrogen-bond acceptors (Lipinski definition) is 2. The highest BCUT2D eigenvalue weighted by molar-refractivity contribution is 9.10. The van der Waals surface area contributed by atoms with Crippen LogP contribution in [0.1, 0.15) is 16.5 Å². The second-order valence-corrected chi connectivity index (χ2v) is 11.5. The zero-order chi connectivity index (χ0) is 13.2. The first kappa shape index (κ1) is 14.0. The molecule has 1 unspecified atom stereocenters. The lowest BCUT2D eigenvalue weighted by molar-refractivity contribution is 0.243. The summed E-state index contributed by atoms with van der Waals surface area (Å²) in [6.07, 6.45) is 0.0640. The van der Waals surface area contributed by atoms with E-state index in [2.05, 4.69) is 71.3 Å². The van der Waals surface area contributed by atoms with Gasteiger partial charge in [0.15, 0.2) is 8.32 Å². The Labute approximate surface area is 122 Å². The van der Waals surface area contributed by atoms with E-state index in [1.54, 1.807) is 11.3 Å². The molecule has 1 heterocycles. The largest absolute Gasteiger partial charge is 0.406 e. The van der Waals surface area contributed by atoms with E-state index < -0.39 is 8.32 Å². The van der Waals surface area contributed by atoms with Gasteiger partial charge in [-0.25, -0.2) is 0 Å². The van der Waals surface area contributed by atoms with Gasteiger partial charge in [0, 0.05) is 14.7 Å². The van der Waals surface area contributed by atoms with Crippen molar-refractivity contribution in [1.29, 1.82) is 0 Å². The van der Waals surface area contributed by atoms with Gasteiger partial charge in [0.25, 0.3) is 0 Å². The van der Waals surface area contributed by atoms with E-state index in [4.69, 9.17) is 4.43 Å². The lowest BCUT2D eigenvalue weighted by Gasteiger charge is -2.26. The van der Waals surface area contributed by atoms with Crippen LogP contribution in [0.2, 0.25) is 19.6 Å². The molecule has 0 saturated heterocycles. The Kier molecular flexibility index (Phi) is 4.43. The minimum absolute atomic E-state index is 0.0640. The standard InChI is InChI=1S/C14H17BrOSSi/c1-18(2,3)16-14(11-7-5-4-6-8-11)13-9-12(15)10-17-13/h4-10,14H,1-3H3. The van der Waals surface area contributed by atoms with Crippen molar-refractivity contribution in [1.82, 2.24) is 0 Å². The van der Waals surface area contributed by atoms with E-state index in [0.29, 0.717) is 0 Å². The summed E-state index contributed by atoms with van der Waals surface area (Å²) in [6.45, 7) is 6.68. The second kappa shape index (κ2) is 5.69. The van der Waals surface area contributed by atoms with Gasteiger partial charge < -0.3 is 4.43 Å². The first-order valence-electron chi connectivity index (χ1n) is 5.92. The van der Waals surface area contributed by atoms with Crippen molar-refractivity contribution < 1.29 is 4.43 Å². The number of hydrogen-bond donors (Lipinski definition) is 0. The molecule has 1 nitrogen and oxygen atoms in total. The van der Waals surface area contributed by atoms with Crippen molar-refractivity contribution in [2.24, 2.45) is 0 Å². The summed E-state index contributed by atoms with van der Waals surface area (Å²) in [7, 11) is -1.59. The maximum absolute atomic E-state index is 6.35. The zero-order valence-corrected chi connectivity index (χ0v) is 14.2. The fourth-order valence-corrected chi connectivity index (χ4v) is 4.29. The lowest BCUT2D eigenvalue weighted by atomic mass is 10.1. The van der Waals surface area contributed by atoms with Gasteiger partial charge in [-0.1, -0.05) is 30.3 Å². The predicted molar refractivity (Wildman–Crippen MR) is 84.7 cm³/mol. The van der Waals surface area contributed by atoms with Gasteiger partial charge in [-0.2, -0.15) is 0 Å². The molecule has 4 heteroatoms. The van der Waals surface area contributed by atoms with Crippen molar-refractivity contribution in [3.63, 3.8) is 0 Å². The summed E-state index contributed by atoms with van der Waals surface area (Å²) in [6, 6.07) is 12.6. The topological polar surface area (TPSA) is 9.23 Å². The van der Waals surface area contributed by atoms with Crippen molar-refractivity contribution in [2.75, 3.05) is 0 Å². The Morgan fingerprint density at radius 1 is 1.17 bits per heavy atom. The zero-order valence-electron chi connectivity index (χ0n) is 10.8. The predicted octanol–water partition coefficient (Wildman–Crippen LogP) is 5.45. The third-order valence-corrected chi connectivity index (χ3v) is 5.10. The molecule has 0 bridgehead atoms. The maximum Gasteiger partial charge on any atom is 0.185 e. The van der Waals surface area contributed by atoms with Crippen LogP contribution in [0.25, 0.3) is 0 Å². The third kappa shape index (κ3) is 3.78. The molecule has 2 rings (SSSR count). The van der Waals surface area contributed by atoms with Crippen LogP contribution in [0.5, 0.6) is 0 Å². The maximum atomic E-state index is 6.35. The molecule has 96 valence electrons. The molecule has 2 aromatic rings. The molecule has 0 aliphatic carbocycles. The molecular formula is C14H17BrOSSi. The highest BCUT2D eigenvalue weighted by atomic mass is 79.9. The van der Waals surface area contributed by atoms with Crippen LogP contribution >= 0.6 is 27.3 Å². The molecule has 0 aliphatic rings. The van der Waals surface area contributed by atoms with Crippen LogP contribution in [0.3, 0.4) is 0 Å². The third-order valence-electron chi connectivity index (χ3n) is 2.42. The first-order chi connectivity index (χ1) is 8.46. The monoisotopic (exact) mass is 340 g/mol. The molecule has 0 aliphatic heterocycles. The van der Waals surface area contributed by atoms with Gasteiger partial charge in [-0.05, 0) is 47.2 Å². The van der Waals surface area contributed by atoms with Crippen molar-refractivity contribution in [3.05, 3.63) is 56.7 Å².